The standard InChI is InChI=1S/C28H28P2.C8H8O2S.C5H5.Ru/c1-23(29(25-15-7-3-8-16-25)26-17-9-4-10-18-26)24(2)30(27-19-11-5-12-20-27)28-21-13-6-14-22-28;1-11(10)8(9)7-5-3-2-4-6-7;1-2-4-5-3-1;/h3-24H,1-2H3;2-6H,1H3;1-5H;/t23-,24-;;;/m0.../s1. The Morgan fingerprint density at radius 3 is 1.00 bits per heavy atom. The van der Waals surface area contributed by atoms with Gasteiger partial charge in [0, 0.05) is 37.7 Å². The number of benzene rings is 5. The molecule has 47 heavy (non-hydrogen) atoms. The van der Waals surface area contributed by atoms with Crippen LogP contribution in [-0.2, 0) is 30.3 Å². The molecule has 1 aliphatic rings. The summed E-state index contributed by atoms with van der Waals surface area (Å²) in [6, 6.07) is 53.1. The summed E-state index contributed by atoms with van der Waals surface area (Å²) in [6.07, 6.45) is 11.4. The van der Waals surface area contributed by atoms with Crippen molar-refractivity contribution in [1.29, 1.82) is 0 Å². The van der Waals surface area contributed by atoms with E-state index in [1.165, 1.54) is 27.5 Å². The molecule has 0 aliphatic heterocycles. The van der Waals surface area contributed by atoms with Crippen molar-refractivity contribution in [3.8, 4) is 0 Å². The molecule has 1 unspecified atom stereocenters. The van der Waals surface area contributed by atoms with Gasteiger partial charge in [0.05, 0.1) is 10.8 Å². The van der Waals surface area contributed by atoms with E-state index in [4.69, 9.17) is 0 Å². The quantitative estimate of drug-likeness (QED) is 0.117. The van der Waals surface area contributed by atoms with Gasteiger partial charge in [-0.25, -0.2) is 0 Å². The van der Waals surface area contributed by atoms with Gasteiger partial charge >= 0.3 is 0 Å². The van der Waals surface area contributed by atoms with Crippen molar-refractivity contribution < 1.29 is 28.5 Å². The molecule has 0 saturated heterocycles. The predicted molar refractivity (Wildman–Crippen MR) is 204 cm³/mol. The van der Waals surface area contributed by atoms with Crippen LogP contribution in [0, 0.1) is 6.42 Å². The van der Waals surface area contributed by atoms with Gasteiger partial charge < -0.3 is 0 Å². The third-order valence-corrected chi connectivity index (χ3v) is 14.4. The number of hydrogen-bond acceptors (Lipinski definition) is 2. The first kappa shape index (κ1) is 38.3. The van der Waals surface area contributed by atoms with E-state index in [1.807, 2.05) is 36.8 Å². The van der Waals surface area contributed by atoms with E-state index in [2.05, 4.69) is 135 Å². The molecule has 241 valence electrons. The molecule has 0 N–H and O–H groups in total. The molecule has 0 fully saturated rings. The van der Waals surface area contributed by atoms with Crippen LogP contribution < -0.4 is 21.2 Å². The average molecular weight is 761 g/mol. The van der Waals surface area contributed by atoms with Gasteiger partial charge in [-0.3, -0.25) is 9.00 Å². The van der Waals surface area contributed by atoms with Gasteiger partial charge in [-0.2, -0.15) is 0 Å². The summed E-state index contributed by atoms with van der Waals surface area (Å²) in [5, 5.41) is 5.55. The molecule has 0 saturated carbocycles. The Morgan fingerprint density at radius 2 is 0.766 bits per heavy atom. The molecule has 6 heteroatoms. The first-order valence-corrected chi connectivity index (χ1v) is 19.7. The average Bonchev–Trinajstić information content (AvgIpc) is 3.71. The largest absolute Gasteiger partial charge is 0.279 e. The van der Waals surface area contributed by atoms with Crippen LogP contribution in [0.2, 0.25) is 0 Å². The van der Waals surface area contributed by atoms with Gasteiger partial charge in [0.2, 0.25) is 5.12 Å². The number of rotatable bonds is 8. The van der Waals surface area contributed by atoms with Gasteiger partial charge in [0.15, 0.2) is 0 Å². The number of carbonyl (C=O) groups is 1. The predicted octanol–water partition coefficient (Wildman–Crippen LogP) is 8.55. The van der Waals surface area contributed by atoms with E-state index in [-0.39, 0.29) is 24.6 Å². The molecule has 6 rings (SSSR count). The van der Waals surface area contributed by atoms with Crippen LogP contribution in [0.5, 0.6) is 0 Å². The van der Waals surface area contributed by atoms with Crippen molar-refractivity contribution in [3.05, 3.63) is 188 Å². The molecule has 0 spiro atoms. The van der Waals surface area contributed by atoms with E-state index in [0.717, 1.165) is 0 Å². The third-order valence-electron chi connectivity index (χ3n) is 7.48. The third kappa shape index (κ3) is 11.8. The molecular weight excluding hydrogens is 720 g/mol. The monoisotopic (exact) mass is 761 g/mol. The van der Waals surface area contributed by atoms with Gasteiger partial charge in [-0.05, 0) is 48.4 Å². The molecule has 5 aromatic rings. The van der Waals surface area contributed by atoms with Gasteiger partial charge in [-0.1, -0.05) is 190 Å². The minimum Gasteiger partial charge on any atom is -0.279 e. The second-order valence-electron chi connectivity index (χ2n) is 10.6. The number of carbonyl (C=O) groups excluding carboxylic acids is 1. The van der Waals surface area contributed by atoms with Crippen molar-refractivity contribution in [1.82, 2.24) is 0 Å². The minimum absolute atomic E-state index is 0. The molecule has 1 radical (unpaired) electrons. The Labute approximate surface area is 299 Å². The first-order chi connectivity index (χ1) is 22.5. The van der Waals surface area contributed by atoms with Crippen molar-refractivity contribution >= 4 is 53.0 Å². The van der Waals surface area contributed by atoms with Crippen molar-refractivity contribution in [2.24, 2.45) is 0 Å². The Balaban J connectivity index is 0.000000290. The number of hydrogen-bond donors (Lipinski definition) is 0. The van der Waals surface area contributed by atoms with E-state index in [9.17, 15) is 9.00 Å². The van der Waals surface area contributed by atoms with Crippen molar-refractivity contribution in [2.75, 3.05) is 6.26 Å². The van der Waals surface area contributed by atoms with Crippen molar-refractivity contribution in [3.63, 3.8) is 0 Å². The zero-order valence-corrected chi connectivity index (χ0v) is 31.3. The van der Waals surface area contributed by atoms with Gasteiger partial charge in [-0.15, -0.1) is 0 Å². The second kappa shape index (κ2) is 21.0. The van der Waals surface area contributed by atoms with Crippen molar-refractivity contribution in [2.45, 2.75) is 25.2 Å². The summed E-state index contributed by atoms with van der Waals surface area (Å²) in [5.41, 5.74) is 1.61. The number of allylic oxidation sites excluding steroid dienone is 4. The van der Waals surface area contributed by atoms with Gasteiger partial charge in [0.25, 0.3) is 0 Å². The van der Waals surface area contributed by atoms with Crippen LogP contribution in [0.15, 0.2) is 176 Å². The maximum atomic E-state index is 11.0. The molecule has 2 nitrogen and oxygen atoms in total. The fraction of sp³-hybridized carbons (Fsp3) is 0.122. The second-order valence-corrected chi connectivity index (χ2v) is 17.1. The van der Waals surface area contributed by atoms with E-state index >= 15 is 0 Å². The van der Waals surface area contributed by atoms with Crippen LogP contribution in [0.25, 0.3) is 0 Å². The normalized spacial score (nSPS) is 13.3. The molecular formula is C41H41O2P2RuS. The SMILES string of the molecule is CS(=O)C(=O)c1ccccc1.C[C@@H]([C@H](C)P(c1ccccc1)c1ccccc1)P(c1ccccc1)c1ccccc1.[CH]1C=CC=C1.[Ru]. The molecule has 3 atom stereocenters. The van der Waals surface area contributed by atoms with Crippen LogP contribution >= 0.6 is 15.8 Å². The smallest absolute Gasteiger partial charge is 0.248 e. The van der Waals surface area contributed by atoms with Crippen LogP contribution in [0.1, 0.15) is 24.2 Å². The topological polar surface area (TPSA) is 34.1 Å². The summed E-state index contributed by atoms with van der Waals surface area (Å²) in [4.78, 5) is 11.0. The zero-order chi connectivity index (χ0) is 32.6. The zero-order valence-electron chi connectivity index (χ0n) is 26.9. The Morgan fingerprint density at radius 1 is 0.489 bits per heavy atom. The molecule has 5 aromatic carbocycles. The summed E-state index contributed by atoms with van der Waals surface area (Å²) < 4.78 is 10.7. The van der Waals surface area contributed by atoms with Crippen LogP contribution in [0.3, 0.4) is 0 Å². The van der Waals surface area contributed by atoms with E-state index < -0.39 is 26.6 Å². The Bertz CT molecular complexity index is 1510. The molecule has 0 heterocycles. The van der Waals surface area contributed by atoms with E-state index in [1.54, 1.807) is 24.3 Å². The van der Waals surface area contributed by atoms with E-state index in [0.29, 0.717) is 16.9 Å². The first-order valence-electron chi connectivity index (χ1n) is 15.4. The van der Waals surface area contributed by atoms with Crippen LogP contribution in [0.4, 0.5) is 0 Å². The van der Waals surface area contributed by atoms with Gasteiger partial charge in [0.1, 0.15) is 0 Å². The van der Waals surface area contributed by atoms with Crippen LogP contribution in [-0.4, -0.2) is 26.9 Å². The molecule has 0 amide bonds. The Hall–Kier alpha value is -3.12. The molecule has 0 bridgehead atoms. The summed E-state index contributed by atoms with van der Waals surface area (Å²) in [5.74, 6) is 0. The summed E-state index contributed by atoms with van der Waals surface area (Å²) in [7, 11) is -2.30. The maximum absolute atomic E-state index is 11.0. The minimum atomic E-state index is -1.40. The molecule has 0 aromatic heterocycles. The molecule has 1 aliphatic carbocycles. The maximum Gasteiger partial charge on any atom is 0.248 e. The summed E-state index contributed by atoms with van der Waals surface area (Å²) in [6.45, 7) is 4.94. The summed E-state index contributed by atoms with van der Waals surface area (Å²) >= 11 is 0. The Kier molecular flexibility index (Phi) is 17.1. The fourth-order valence-corrected chi connectivity index (χ4v) is 11.7. The fourth-order valence-electron chi connectivity index (χ4n) is 5.09.